The van der Waals surface area contributed by atoms with Crippen LogP contribution in [0.1, 0.15) is 27.7 Å². The number of aryl methyl sites for hydroxylation is 1. The lowest BCUT2D eigenvalue weighted by molar-refractivity contribution is 0.580. The van der Waals surface area contributed by atoms with Crippen molar-refractivity contribution >= 4 is 5.82 Å². The van der Waals surface area contributed by atoms with Gasteiger partial charge in [0.05, 0.1) is 0 Å². The number of aromatic nitrogens is 2. The number of anilines is 1. The van der Waals surface area contributed by atoms with E-state index in [1.165, 1.54) is 0 Å². The molecule has 1 aromatic rings. The predicted octanol–water partition coefficient (Wildman–Crippen LogP) is 1.09. The standard InChI is InChI=1S/C13H24N4O/c1-5-16(9-7-14-11(3)4)12-13(18)17(6-2)10-8-15-12/h8,10-11,14H,5-7,9H2,1-4H3. The van der Waals surface area contributed by atoms with Crippen molar-refractivity contribution in [1.82, 2.24) is 14.9 Å². The highest BCUT2D eigenvalue weighted by Gasteiger charge is 2.11. The summed E-state index contributed by atoms with van der Waals surface area (Å²) >= 11 is 0. The molecule has 0 aliphatic heterocycles. The molecule has 0 bridgehead atoms. The maximum absolute atomic E-state index is 12.1. The Morgan fingerprint density at radius 3 is 2.72 bits per heavy atom. The van der Waals surface area contributed by atoms with Crippen LogP contribution in [-0.4, -0.2) is 35.2 Å². The molecule has 0 aliphatic carbocycles. The third-order valence-corrected chi connectivity index (χ3v) is 2.85. The quantitative estimate of drug-likeness (QED) is 0.789. The number of likely N-dealkylation sites (N-methyl/N-ethyl adjacent to an activating group) is 1. The second-order valence-corrected chi connectivity index (χ2v) is 4.53. The van der Waals surface area contributed by atoms with E-state index in [9.17, 15) is 4.79 Å². The van der Waals surface area contributed by atoms with Gasteiger partial charge in [-0.05, 0) is 13.8 Å². The lowest BCUT2D eigenvalue weighted by Gasteiger charge is -2.22. The van der Waals surface area contributed by atoms with Gasteiger partial charge >= 0.3 is 0 Å². The first kappa shape index (κ1) is 14.7. The minimum atomic E-state index is -0.00797. The van der Waals surface area contributed by atoms with E-state index in [1.54, 1.807) is 17.0 Å². The molecular formula is C13H24N4O. The molecule has 1 rings (SSSR count). The fourth-order valence-corrected chi connectivity index (χ4v) is 1.80. The highest BCUT2D eigenvalue weighted by atomic mass is 16.1. The minimum absolute atomic E-state index is 0.00797. The fraction of sp³-hybridized carbons (Fsp3) is 0.692. The van der Waals surface area contributed by atoms with Crippen LogP contribution < -0.4 is 15.8 Å². The third-order valence-electron chi connectivity index (χ3n) is 2.85. The summed E-state index contributed by atoms with van der Waals surface area (Å²) in [7, 11) is 0. The van der Waals surface area contributed by atoms with Gasteiger partial charge in [0.25, 0.3) is 5.56 Å². The first-order valence-electron chi connectivity index (χ1n) is 6.63. The zero-order chi connectivity index (χ0) is 13.5. The van der Waals surface area contributed by atoms with Gasteiger partial charge in [0.2, 0.25) is 0 Å². The molecule has 0 amide bonds. The minimum Gasteiger partial charge on any atom is -0.351 e. The van der Waals surface area contributed by atoms with Crippen molar-refractivity contribution in [2.75, 3.05) is 24.5 Å². The summed E-state index contributed by atoms with van der Waals surface area (Å²) in [5.41, 5.74) is -0.00797. The molecule has 0 aromatic carbocycles. The second kappa shape index (κ2) is 7.16. The number of hydrogen-bond donors (Lipinski definition) is 1. The lowest BCUT2D eigenvalue weighted by atomic mass is 10.4. The zero-order valence-corrected chi connectivity index (χ0v) is 11.8. The van der Waals surface area contributed by atoms with Gasteiger partial charge in [-0.2, -0.15) is 0 Å². The van der Waals surface area contributed by atoms with Gasteiger partial charge in [0, 0.05) is 44.6 Å². The average molecular weight is 252 g/mol. The summed E-state index contributed by atoms with van der Waals surface area (Å²) in [6, 6.07) is 0.458. The molecule has 1 N–H and O–H groups in total. The normalized spacial score (nSPS) is 10.9. The Kier molecular flexibility index (Phi) is 5.85. The Morgan fingerprint density at radius 2 is 2.17 bits per heavy atom. The summed E-state index contributed by atoms with van der Waals surface area (Å²) in [5.74, 6) is 0.549. The molecule has 0 unspecified atom stereocenters. The van der Waals surface area contributed by atoms with Crippen LogP contribution in [0.3, 0.4) is 0 Å². The van der Waals surface area contributed by atoms with Crippen LogP contribution in [0.2, 0.25) is 0 Å². The number of rotatable bonds is 7. The van der Waals surface area contributed by atoms with Gasteiger partial charge in [-0.25, -0.2) is 4.98 Å². The summed E-state index contributed by atoms with van der Waals surface area (Å²) in [5, 5.41) is 3.35. The lowest BCUT2D eigenvalue weighted by Crippen LogP contribution is -2.39. The van der Waals surface area contributed by atoms with E-state index in [-0.39, 0.29) is 5.56 Å². The molecule has 0 atom stereocenters. The fourth-order valence-electron chi connectivity index (χ4n) is 1.80. The van der Waals surface area contributed by atoms with Crippen LogP contribution >= 0.6 is 0 Å². The van der Waals surface area contributed by atoms with Crippen LogP contribution in [-0.2, 0) is 6.54 Å². The molecule has 0 saturated heterocycles. The van der Waals surface area contributed by atoms with Crippen molar-refractivity contribution in [3.63, 3.8) is 0 Å². The topological polar surface area (TPSA) is 50.2 Å². The van der Waals surface area contributed by atoms with E-state index in [4.69, 9.17) is 0 Å². The van der Waals surface area contributed by atoms with Crippen molar-refractivity contribution in [2.45, 2.75) is 40.3 Å². The molecule has 1 heterocycles. The maximum Gasteiger partial charge on any atom is 0.293 e. The largest absolute Gasteiger partial charge is 0.351 e. The van der Waals surface area contributed by atoms with Crippen molar-refractivity contribution in [3.05, 3.63) is 22.7 Å². The average Bonchev–Trinajstić information content (AvgIpc) is 2.35. The van der Waals surface area contributed by atoms with Crippen molar-refractivity contribution < 1.29 is 0 Å². The molecule has 0 radical (unpaired) electrons. The van der Waals surface area contributed by atoms with Gasteiger partial charge in [-0.15, -0.1) is 0 Å². The predicted molar refractivity (Wildman–Crippen MR) is 75.2 cm³/mol. The Labute approximate surface area is 109 Å². The second-order valence-electron chi connectivity index (χ2n) is 4.53. The first-order valence-corrected chi connectivity index (χ1v) is 6.63. The summed E-state index contributed by atoms with van der Waals surface area (Å²) in [6.07, 6.45) is 3.42. The molecule has 0 fully saturated rings. The van der Waals surface area contributed by atoms with Crippen LogP contribution in [0.4, 0.5) is 5.82 Å². The highest BCUT2D eigenvalue weighted by Crippen LogP contribution is 2.02. The van der Waals surface area contributed by atoms with Gasteiger partial charge in [-0.1, -0.05) is 13.8 Å². The van der Waals surface area contributed by atoms with E-state index in [2.05, 4.69) is 24.1 Å². The van der Waals surface area contributed by atoms with Gasteiger partial charge in [0.15, 0.2) is 5.82 Å². The van der Waals surface area contributed by atoms with Gasteiger partial charge in [0.1, 0.15) is 0 Å². The van der Waals surface area contributed by atoms with E-state index in [1.807, 2.05) is 18.7 Å². The van der Waals surface area contributed by atoms with E-state index in [0.717, 1.165) is 19.6 Å². The van der Waals surface area contributed by atoms with E-state index >= 15 is 0 Å². The Hall–Kier alpha value is -1.36. The monoisotopic (exact) mass is 252 g/mol. The van der Waals surface area contributed by atoms with Gasteiger partial charge < -0.3 is 14.8 Å². The first-order chi connectivity index (χ1) is 8.60. The van der Waals surface area contributed by atoms with Crippen molar-refractivity contribution in [2.24, 2.45) is 0 Å². The third kappa shape index (κ3) is 3.84. The van der Waals surface area contributed by atoms with Crippen molar-refractivity contribution in [1.29, 1.82) is 0 Å². The van der Waals surface area contributed by atoms with Crippen LogP contribution in [0.15, 0.2) is 17.2 Å². The molecule has 18 heavy (non-hydrogen) atoms. The highest BCUT2D eigenvalue weighted by molar-refractivity contribution is 5.35. The van der Waals surface area contributed by atoms with Crippen LogP contribution in [0.25, 0.3) is 0 Å². The maximum atomic E-state index is 12.1. The SMILES string of the molecule is CCN(CCNC(C)C)c1nccn(CC)c1=O. The molecule has 0 spiro atoms. The van der Waals surface area contributed by atoms with Crippen LogP contribution in [0.5, 0.6) is 0 Å². The molecule has 0 aliphatic rings. The smallest absolute Gasteiger partial charge is 0.293 e. The molecule has 5 nitrogen and oxygen atoms in total. The molecule has 0 saturated carbocycles. The Bertz CT molecular complexity index is 414. The van der Waals surface area contributed by atoms with Gasteiger partial charge in [-0.3, -0.25) is 4.79 Å². The molecule has 102 valence electrons. The summed E-state index contributed by atoms with van der Waals surface area (Å²) < 4.78 is 1.68. The number of hydrogen-bond acceptors (Lipinski definition) is 4. The zero-order valence-electron chi connectivity index (χ0n) is 11.8. The number of nitrogens with zero attached hydrogens (tertiary/aromatic N) is 3. The molecule has 1 aromatic heterocycles. The summed E-state index contributed by atoms with van der Waals surface area (Å²) in [4.78, 5) is 18.4. The van der Waals surface area contributed by atoms with E-state index < -0.39 is 0 Å². The molecule has 5 heteroatoms. The Balaban J connectivity index is 2.79. The van der Waals surface area contributed by atoms with E-state index in [0.29, 0.717) is 18.4 Å². The number of nitrogens with one attached hydrogen (secondary N) is 1. The summed E-state index contributed by atoms with van der Waals surface area (Å²) in [6.45, 7) is 11.3. The Morgan fingerprint density at radius 1 is 1.44 bits per heavy atom. The molecular weight excluding hydrogens is 228 g/mol. The van der Waals surface area contributed by atoms with Crippen molar-refractivity contribution in [3.8, 4) is 0 Å². The van der Waals surface area contributed by atoms with Crippen LogP contribution in [0, 0.1) is 0 Å².